The lowest BCUT2D eigenvalue weighted by Crippen LogP contribution is -2.27. The summed E-state index contributed by atoms with van der Waals surface area (Å²) in [5.74, 6) is 1.01. The number of rotatable bonds is 1. The maximum atomic E-state index is 12.4. The molecule has 0 atom stereocenters. The van der Waals surface area contributed by atoms with Crippen molar-refractivity contribution in [3.63, 3.8) is 0 Å². The number of hydrogen-bond donors (Lipinski definition) is 0. The third-order valence-electron chi connectivity index (χ3n) is 3.64. The molecule has 0 N–H and O–H groups in total. The van der Waals surface area contributed by atoms with E-state index in [-0.39, 0.29) is 11.2 Å². The molecule has 0 radical (unpaired) electrons. The van der Waals surface area contributed by atoms with Crippen LogP contribution in [0.1, 0.15) is 36.4 Å². The Morgan fingerprint density at radius 2 is 1.79 bits per heavy atom. The number of carbonyl (C=O) groups excluding carboxylic acids is 1. The molecular formula is C17H17O2+. The monoisotopic (exact) mass is 253 g/mol. The molecule has 1 aromatic carbocycles. The molecule has 0 unspecified atom stereocenters. The molecule has 1 heterocycles. The predicted octanol–water partition coefficient (Wildman–Crippen LogP) is 4.38. The van der Waals surface area contributed by atoms with Crippen molar-refractivity contribution in [3.8, 4) is 11.1 Å². The van der Waals surface area contributed by atoms with Crippen LogP contribution < -0.4 is 0 Å². The van der Waals surface area contributed by atoms with Gasteiger partial charge < -0.3 is 0 Å². The Morgan fingerprint density at radius 1 is 1.05 bits per heavy atom. The van der Waals surface area contributed by atoms with Gasteiger partial charge in [-0.05, 0) is 11.0 Å². The molecule has 1 aliphatic carbocycles. The average Bonchev–Trinajstić information content (AvgIpc) is 2.37. The van der Waals surface area contributed by atoms with Crippen molar-refractivity contribution in [1.82, 2.24) is 0 Å². The summed E-state index contributed by atoms with van der Waals surface area (Å²) in [4.78, 5) is 12.4. The predicted molar refractivity (Wildman–Crippen MR) is 75.0 cm³/mol. The molecule has 1 aliphatic rings. The minimum Gasteiger partial charge on any atom is -0.294 e. The summed E-state index contributed by atoms with van der Waals surface area (Å²) < 4.78 is 5.60. The molecule has 96 valence electrons. The van der Waals surface area contributed by atoms with E-state index in [1.54, 1.807) is 6.26 Å². The Hall–Kier alpha value is -1.96. The molecule has 1 aromatic heterocycles. The largest absolute Gasteiger partial charge is 0.340 e. The van der Waals surface area contributed by atoms with Crippen LogP contribution in [0, 0.1) is 5.41 Å². The zero-order chi connectivity index (χ0) is 13.5. The SMILES string of the molecule is CC1(C)CC(=O)c2c(-c3ccccc3)cc[o+]c2C1. The van der Waals surface area contributed by atoms with E-state index in [1.807, 2.05) is 36.4 Å². The van der Waals surface area contributed by atoms with Crippen LogP contribution in [0.25, 0.3) is 11.1 Å². The summed E-state index contributed by atoms with van der Waals surface area (Å²) in [6, 6.07) is 11.9. The summed E-state index contributed by atoms with van der Waals surface area (Å²) >= 11 is 0. The first kappa shape index (κ1) is 12.1. The van der Waals surface area contributed by atoms with Crippen LogP contribution in [0.15, 0.2) is 47.1 Å². The number of fused-ring (bicyclic) bond motifs is 1. The Balaban J connectivity index is 2.18. The van der Waals surface area contributed by atoms with Crippen LogP contribution >= 0.6 is 0 Å². The van der Waals surface area contributed by atoms with Crippen LogP contribution in [-0.2, 0) is 6.42 Å². The van der Waals surface area contributed by atoms with E-state index in [2.05, 4.69) is 13.8 Å². The van der Waals surface area contributed by atoms with Crippen molar-refractivity contribution in [1.29, 1.82) is 0 Å². The molecule has 0 amide bonds. The second-order valence-corrected chi connectivity index (χ2v) is 5.94. The van der Waals surface area contributed by atoms with Crippen molar-refractivity contribution in [3.05, 3.63) is 54.0 Å². The molecule has 0 saturated carbocycles. The molecule has 3 rings (SSSR count). The zero-order valence-electron chi connectivity index (χ0n) is 11.3. The number of carbonyl (C=O) groups is 1. The second-order valence-electron chi connectivity index (χ2n) is 5.94. The third kappa shape index (κ3) is 2.19. The number of ketones is 1. The Labute approximate surface area is 113 Å². The van der Waals surface area contributed by atoms with Gasteiger partial charge in [-0.3, -0.25) is 4.79 Å². The van der Waals surface area contributed by atoms with E-state index in [0.29, 0.717) is 6.42 Å². The van der Waals surface area contributed by atoms with Gasteiger partial charge >= 0.3 is 12.0 Å². The maximum Gasteiger partial charge on any atom is 0.340 e. The molecule has 2 aromatic rings. The smallest absolute Gasteiger partial charge is 0.294 e. The molecule has 0 spiro atoms. The minimum atomic E-state index is -0.0110. The minimum absolute atomic E-state index is 0.0110. The molecule has 2 heteroatoms. The highest BCUT2D eigenvalue weighted by Crippen LogP contribution is 2.38. The molecular weight excluding hydrogens is 236 g/mol. The second kappa shape index (κ2) is 4.30. The average molecular weight is 253 g/mol. The molecule has 0 bridgehead atoms. The standard InChI is InChI=1S/C17H17O2/c1-17(2)10-14(18)16-13(8-9-19-15(16)11-17)12-6-4-3-5-7-12/h3-9H,10-11H2,1-2H3/q+1. The molecule has 0 saturated heterocycles. The lowest BCUT2D eigenvalue weighted by Gasteiger charge is -2.25. The molecule has 0 fully saturated rings. The zero-order valence-corrected chi connectivity index (χ0v) is 11.3. The Kier molecular flexibility index (Phi) is 2.74. The topological polar surface area (TPSA) is 28.4 Å². The molecule has 2 nitrogen and oxygen atoms in total. The quantitative estimate of drug-likeness (QED) is 0.705. The van der Waals surface area contributed by atoms with Crippen LogP contribution in [0.5, 0.6) is 0 Å². The number of Topliss-reactive ketones (excluding diaryl/α,β-unsaturated/α-hetero) is 1. The van der Waals surface area contributed by atoms with Crippen LogP contribution in [0.4, 0.5) is 0 Å². The molecule has 0 aliphatic heterocycles. The highest BCUT2D eigenvalue weighted by molar-refractivity contribution is 6.04. The summed E-state index contributed by atoms with van der Waals surface area (Å²) in [5, 5.41) is 0. The van der Waals surface area contributed by atoms with Gasteiger partial charge in [-0.1, -0.05) is 44.2 Å². The van der Waals surface area contributed by atoms with E-state index in [0.717, 1.165) is 28.9 Å². The normalized spacial score (nSPS) is 17.1. The van der Waals surface area contributed by atoms with Crippen molar-refractivity contribution in [2.75, 3.05) is 0 Å². The van der Waals surface area contributed by atoms with Crippen LogP contribution in [0.3, 0.4) is 0 Å². The van der Waals surface area contributed by atoms with Crippen molar-refractivity contribution in [2.45, 2.75) is 26.7 Å². The van der Waals surface area contributed by atoms with E-state index >= 15 is 0 Å². The summed E-state index contributed by atoms with van der Waals surface area (Å²) in [5.41, 5.74) is 2.82. The van der Waals surface area contributed by atoms with Gasteiger partial charge in [0, 0.05) is 18.1 Å². The Morgan fingerprint density at radius 3 is 2.53 bits per heavy atom. The highest BCUT2D eigenvalue weighted by atomic mass is 16.3. The number of benzene rings is 1. The van der Waals surface area contributed by atoms with Gasteiger partial charge in [-0.2, -0.15) is 0 Å². The van der Waals surface area contributed by atoms with Crippen LogP contribution in [-0.4, -0.2) is 5.78 Å². The van der Waals surface area contributed by atoms with E-state index < -0.39 is 0 Å². The summed E-state index contributed by atoms with van der Waals surface area (Å²) in [6.07, 6.45) is 3.09. The third-order valence-corrected chi connectivity index (χ3v) is 3.64. The van der Waals surface area contributed by atoms with Crippen molar-refractivity contribution >= 4 is 5.78 Å². The fourth-order valence-corrected chi connectivity index (χ4v) is 2.79. The van der Waals surface area contributed by atoms with E-state index in [4.69, 9.17) is 4.42 Å². The van der Waals surface area contributed by atoms with Gasteiger partial charge in [-0.25, -0.2) is 4.42 Å². The van der Waals surface area contributed by atoms with Crippen molar-refractivity contribution in [2.24, 2.45) is 5.41 Å². The highest BCUT2D eigenvalue weighted by Gasteiger charge is 2.39. The number of hydrogen-bond acceptors (Lipinski definition) is 1. The fourth-order valence-electron chi connectivity index (χ4n) is 2.79. The lowest BCUT2D eigenvalue weighted by molar-refractivity contribution is 0.0900. The first-order chi connectivity index (χ1) is 9.07. The van der Waals surface area contributed by atoms with Gasteiger partial charge in [-0.15, -0.1) is 0 Å². The van der Waals surface area contributed by atoms with Gasteiger partial charge in [0.25, 0.3) is 0 Å². The molecule has 19 heavy (non-hydrogen) atoms. The first-order valence-corrected chi connectivity index (χ1v) is 6.59. The van der Waals surface area contributed by atoms with E-state index in [1.165, 1.54) is 0 Å². The van der Waals surface area contributed by atoms with Gasteiger partial charge in [0.2, 0.25) is 0 Å². The first-order valence-electron chi connectivity index (χ1n) is 6.59. The lowest BCUT2D eigenvalue weighted by atomic mass is 9.74. The van der Waals surface area contributed by atoms with Gasteiger partial charge in [0.1, 0.15) is 5.56 Å². The fraction of sp³-hybridized carbons (Fsp3) is 0.294. The van der Waals surface area contributed by atoms with Crippen molar-refractivity contribution < 1.29 is 9.21 Å². The van der Waals surface area contributed by atoms with Gasteiger partial charge in [0.05, 0.1) is 6.42 Å². The summed E-state index contributed by atoms with van der Waals surface area (Å²) in [6.45, 7) is 4.22. The summed E-state index contributed by atoms with van der Waals surface area (Å²) in [7, 11) is 0. The van der Waals surface area contributed by atoms with Gasteiger partial charge in [0.15, 0.2) is 5.78 Å². The van der Waals surface area contributed by atoms with E-state index in [9.17, 15) is 4.79 Å². The van der Waals surface area contributed by atoms with Crippen LogP contribution in [0.2, 0.25) is 0 Å². The Bertz CT molecular complexity index is 627. The maximum absolute atomic E-state index is 12.4.